The van der Waals surface area contributed by atoms with Gasteiger partial charge in [0.25, 0.3) is 0 Å². The van der Waals surface area contributed by atoms with E-state index in [9.17, 15) is 8.42 Å². The second kappa shape index (κ2) is 6.31. The van der Waals surface area contributed by atoms with Crippen LogP contribution in [0.3, 0.4) is 0 Å². The molecule has 0 aromatic rings. The van der Waals surface area contributed by atoms with E-state index >= 15 is 0 Å². The minimum Gasteiger partial charge on any atom is -0.376 e. The predicted molar refractivity (Wildman–Crippen MR) is 47.8 cm³/mol. The molecule has 80 valence electrons. The molecule has 13 heavy (non-hydrogen) atoms. The van der Waals surface area contributed by atoms with E-state index in [0.717, 1.165) is 12.8 Å². The summed E-state index contributed by atoms with van der Waals surface area (Å²) in [6.45, 7) is 4.00. The fourth-order valence-electron chi connectivity index (χ4n) is 0.878. The van der Waals surface area contributed by atoms with E-state index in [1.165, 1.54) is 0 Å². The Morgan fingerprint density at radius 1 is 1.23 bits per heavy atom. The van der Waals surface area contributed by atoms with Gasteiger partial charge in [-0.25, -0.2) is 4.18 Å². The summed E-state index contributed by atoms with van der Waals surface area (Å²) >= 11 is 0. The minimum atomic E-state index is -4.32. The molecule has 0 fully saturated rings. The van der Waals surface area contributed by atoms with Crippen LogP contribution in [0, 0.1) is 0 Å². The molecule has 0 aliphatic heterocycles. The summed E-state index contributed by atoms with van der Waals surface area (Å²) in [7, 11) is -4.32. The lowest BCUT2D eigenvalue weighted by molar-refractivity contribution is 0.0287. The quantitative estimate of drug-likeness (QED) is 0.503. The van der Waals surface area contributed by atoms with Crippen LogP contribution in [0.4, 0.5) is 0 Å². The fourth-order valence-corrected chi connectivity index (χ4v) is 1.16. The first-order valence-corrected chi connectivity index (χ1v) is 5.59. The molecule has 0 rings (SSSR count). The van der Waals surface area contributed by atoms with Crippen LogP contribution >= 0.6 is 0 Å². The lowest BCUT2D eigenvalue weighted by Crippen LogP contribution is -2.16. The third-order valence-electron chi connectivity index (χ3n) is 1.58. The Morgan fingerprint density at radius 3 is 2.15 bits per heavy atom. The second-order valence-corrected chi connectivity index (χ2v) is 3.65. The summed E-state index contributed by atoms with van der Waals surface area (Å²) in [6.07, 6.45) is 1.88. The summed E-state index contributed by atoms with van der Waals surface area (Å²) in [6, 6.07) is 0. The third kappa shape index (κ3) is 8.17. The van der Waals surface area contributed by atoms with Crippen molar-refractivity contribution < 1.29 is 21.9 Å². The highest BCUT2D eigenvalue weighted by atomic mass is 32.3. The predicted octanol–water partition coefficient (Wildman–Crippen LogP) is 1.01. The van der Waals surface area contributed by atoms with E-state index in [4.69, 9.17) is 9.29 Å². The van der Waals surface area contributed by atoms with E-state index in [1.807, 2.05) is 13.8 Å². The maximum Gasteiger partial charge on any atom is 0.397 e. The van der Waals surface area contributed by atoms with Crippen LogP contribution in [-0.4, -0.2) is 32.3 Å². The standard InChI is InChI=1S/C7H16O5S/c1-3-7(4-2)11-5-6-12-13(8,9)10/h7H,3-6H2,1-2H3,(H,8,9,10). The Hall–Kier alpha value is -0.170. The van der Waals surface area contributed by atoms with Crippen LogP contribution < -0.4 is 0 Å². The van der Waals surface area contributed by atoms with Crippen molar-refractivity contribution in [3.8, 4) is 0 Å². The molecule has 0 saturated heterocycles. The molecule has 6 heteroatoms. The molecule has 0 radical (unpaired) electrons. The van der Waals surface area contributed by atoms with E-state index < -0.39 is 10.4 Å². The zero-order valence-corrected chi connectivity index (χ0v) is 8.71. The molecule has 0 aliphatic rings. The normalized spacial score (nSPS) is 12.3. The zero-order valence-electron chi connectivity index (χ0n) is 7.89. The minimum absolute atomic E-state index is 0.130. The summed E-state index contributed by atoms with van der Waals surface area (Å²) in [5, 5.41) is 0. The van der Waals surface area contributed by atoms with Gasteiger partial charge in [0.1, 0.15) is 0 Å². The van der Waals surface area contributed by atoms with Gasteiger partial charge in [0.05, 0.1) is 19.3 Å². The third-order valence-corrected chi connectivity index (χ3v) is 2.04. The van der Waals surface area contributed by atoms with Gasteiger partial charge < -0.3 is 4.74 Å². The summed E-state index contributed by atoms with van der Waals surface area (Å²) in [5.74, 6) is 0. The molecular weight excluding hydrogens is 196 g/mol. The van der Waals surface area contributed by atoms with E-state index in [-0.39, 0.29) is 19.3 Å². The lowest BCUT2D eigenvalue weighted by Gasteiger charge is -2.12. The van der Waals surface area contributed by atoms with Gasteiger partial charge in [0, 0.05) is 0 Å². The monoisotopic (exact) mass is 212 g/mol. The molecule has 1 N–H and O–H groups in total. The van der Waals surface area contributed by atoms with Crippen LogP contribution in [0.15, 0.2) is 0 Å². The Morgan fingerprint density at radius 2 is 1.77 bits per heavy atom. The van der Waals surface area contributed by atoms with Gasteiger partial charge in [0.2, 0.25) is 0 Å². The average Bonchev–Trinajstić information content (AvgIpc) is 2.03. The van der Waals surface area contributed by atoms with Crippen molar-refractivity contribution >= 4 is 10.4 Å². The van der Waals surface area contributed by atoms with Gasteiger partial charge in [-0.2, -0.15) is 8.42 Å². The molecule has 0 aliphatic carbocycles. The molecule has 0 bridgehead atoms. The highest BCUT2D eigenvalue weighted by Gasteiger charge is 2.06. The Labute approximate surface area is 79.0 Å². The van der Waals surface area contributed by atoms with Crippen LogP contribution in [0.5, 0.6) is 0 Å². The second-order valence-electron chi connectivity index (χ2n) is 2.56. The smallest absolute Gasteiger partial charge is 0.376 e. The van der Waals surface area contributed by atoms with E-state index in [2.05, 4.69) is 4.18 Å². The molecule has 0 aromatic carbocycles. The van der Waals surface area contributed by atoms with Crippen LogP contribution in [0.25, 0.3) is 0 Å². The van der Waals surface area contributed by atoms with Crippen LogP contribution in [-0.2, 0) is 19.3 Å². The largest absolute Gasteiger partial charge is 0.397 e. The van der Waals surface area contributed by atoms with Crippen molar-refractivity contribution in [3.05, 3.63) is 0 Å². The van der Waals surface area contributed by atoms with Crippen molar-refractivity contribution in [3.63, 3.8) is 0 Å². The number of rotatable bonds is 7. The highest BCUT2D eigenvalue weighted by Crippen LogP contribution is 2.02. The Balaban J connectivity index is 3.45. The molecular formula is C7H16O5S. The van der Waals surface area contributed by atoms with Crippen molar-refractivity contribution in [2.45, 2.75) is 32.8 Å². The van der Waals surface area contributed by atoms with Crippen molar-refractivity contribution in [2.75, 3.05) is 13.2 Å². The molecule has 5 nitrogen and oxygen atoms in total. The van der Waals surface area contributed by atoms with Gasteiger partial charge in [-0.05, 0) is 12.8 Å². The summed E-state index contributed by atoms with van der Waals surface area (Å²) in [4.78, 5) is 0. The lowest BCUT2D eigenvalue weighted by atomic mass is 10.2. The van der Waals surface area contributed by atoms with Gasteiger partial charge in [-0.15, -0.1) is 0 Å². The summed E-state index contributed by atoms with van der Waals surface area (Å²) < 4.78 is 37.7. The molecule has 0 saturated carbocycles. The van der Waals surface area contributed by atoms with Gasteiger partial charge in [-0.3, -0.25) is 4.55 Å². The number of hydrogen-bond donors (Lipinski definition) is 1. The topological polar surface area (TPSA) is 72.8 Å². The SMILES string of the molecule is CCC(CC)OCCOS(=O)(=O)O. The number of ether oxygens (including phenoxy) is 1. The van der Waals surface area contributed by atoms with E-state index in [1.54, 1.807) is 0 Å². The highest BCUT2D eigenvalue weighted by molar-refractivity contribution is 7.80. The maximum absolute atomic E-state index is 10.1. The van der Waals surface area contributed by atoms with Gasteiger partial charge >= 0.3 is 10.4 Å². The van der Waals surface area contributed by atoms with Crippen LogP contribution in [0.1, 0.15) is 26.7 Å². The first-order valence-electron chi connectivity index (χ1n) is 4.23. The fraction of sp³-hybridized carbons (Fsp3) is 1.00. The van der Waals surface area contributed by atoms with Gasteiger partial charge in [-0.1, -0.05) is 13.8 Å². The van der Waals surface area contributed by atoms with Crippen molar-refractivity contribution in [1.82, 2.24) is 0 Å². The maximum atomic E-state index is 10.1. The average molecular weight is 212 g/mol. The molecule has 0 aromatic heterocycles. The van der Waals surface area contributed by atoms with Crippen molar-refractivity contribution in [2.24, 2.45) is 0 Å². The number of hydrogen-bond acceptors (Lipinski definition) is 4. The first-order chi connectivity index (χ1) is 5.99. The molecule has 0 amide bonds. The molecule has 0 spiro atoms. The van der Waals surface area contributed by atoms with Crippen LogP contribution in [0.2, 0.25) is 0 Å². The summed E-state index contributed by atoms with van der Waals surface area (Å²) in [5.41, 5.74) is 0. The molecule has 0 heterocycles. The molecule has 0 atom stereocenters. The first kappa shape index (κ1) is 12.8. The molecule has 0 unspecified atom stereocenters. The Bertz CT molecular complexity index is 207. The zero-order chi connectivity index (χ0) is 10.3. The van der Waals surface area contributed by atoms with Crippen molar-refractivity contribution in [1.29, 1.82) is 0 Å². The van der Waals surface area contributed by atoms with Gasteiger partial charge in [0.15, 0.2) is 0 Å². The van der Waals surface area contributed by atoms with E-state index in [0.29, 0.717) is 0 Å². The Kier molecular flexibility index (Phi) is 6.23.